The Labute approximate surface area is 125 Å². The Balaban J connectivity index is 2.25. The van der Waals surface area contributed by atoms with Crippen molar-refractivity contribution in [3.63, 3.8) is 0 Å². The topological polar surface area (TPSA) is 57.6 Å². The molecule has 1 aliphatic rings. The van der Waals surface area contributed by atoms with Crippen LogP contribution in [0, 0.1) is 11.8 Å². The summed E-state index contributed by atoms with van der Waals surface area (Å²) in [6, 6.07) is 4.49. The molecule has 0 aromatic heterocycles. The maximum absolute atomic E-state index is 12.6. The van der Waals surface area contributed by atoms with Crippen LogP contribution in [0.1, 0.15) is 25.8 Å². The minimum atomic E-state index is -3.49. The Hall–Kier alpha value is -0.620. The molecule has 0 amide bonds. The minimum Gasteiger partial charge on any atom is -0.392 e. The summed E-state index contributed by atoms with van der Waals surface area (Å²) in [4.78, 5) is 0.198. The van der Waals surface area contributed by atoms with E-state index in [0.29, 0.717) is 30.5 Å². The number of sulfonamides is 1. The molecule has 0 radical (unpaired) electrons. The van der Waals surface area contributed by atoms with Crippen LogP contribution < -0.4 is 0 Å². The van der Waals surface area contributed by atoms with Gasteiger partial charge >= 0.3 is 0 Å². The van der Waals surface area contributed by atoms with Crippen molar-refractivity contribution in [1.29, 1.82) is 0 Å². The van der Waals surface area contributed by atoms with Crippen LogP contribution in [0.2, 0.25) is 5.02 Å². The molecular formula is C14H20ClNO3S. The fraction of sp³-hybridized carbons (Fsp3) is 0.571. The first-order valence-corrected chi connectivity index (χ1v) is 8.57. The molecule has 1 N–H and O–H groups in total. The van der Waals surface area contributed by atoms with Crippen molar-refractivity contribution in [2.45, 2.75) is 31.8 Å². The molecule has 1 atom stereocenters. The van der Waals surface area contributed by atoms with Crippen LogP contribution in [-0.4, -0.2) is 30.9 Å². The highest BCUT2D eigenvalue weighted by atomic mass is 35.5. The number of aliphatic hydroxyl groups excluding tert-OH is 1. The number of hydrogen-bond acceptors (Lipinski definition) is 3. The van der Waals surface area contributed by atoms with E-state index in [-0.39, 0.29) is 16.5 Å². The molecule has 4 nitrogen and oxygen atoms in total. The van der Waals surface area contributed by atoms with E-state index in [1.54, 1.807) is 6.07 Å². The van der Waals surface area contributed by atoms with E-state index in [4.69, 9.17) is 16.7 Å². The molecule has 112 valence electrons. The summed E-state index contributed by atoms with van der Waals surface area (Å²) in [7, 11) is -3.49. The lowest BCUT2D eigenvalue weighted by Gasteiger charge is -2.18. The molecule has 1 unspecified atom stereocenters. The molecule has 0 bridgehead atoms. The largest absolute Gasteiger partial charge is 0.392 e. The van der Waals surface area contributed by atoms with E-state index in [9.17, 15) is 8.42 Å². The second-order valence-corrected chi connectivity index (χ2v) is 7.91. The molecule has 1 aromatic carbocycles. The maximum Gasteiger partial charge on any atom is 0.243 e. The first-order chi connectivity index (χ1) is 9.36. The van der Waals surface area contributed by atoms with E-state index >= 15 is 0 Å². The second-order valence-electron chi connectivity index (χ2n) is 5.57. The minimum absolute atomic E-state index is 0.196. The van der Waals surface area contributed by atoms with Gasteiger partial charge in [0.2, 0.25) is 10.0 Å². The average molecular weight is 318 g/mol. The SMILES string of the molecule is CC(C)C1CCN(S(=O)(=O)c2ccc(CO)c(Cl)c2)C1. The van der Waals surface area contributed by atoms with Gasteiger partial charge in [-0.15, -0.1) is 0 Å². The van der Waals surface area contributed by atoms with Crippen LogP contribution in [0.3, 0.4) is 0 Å². The van der Waals surface area contributed by atoms with Gasteiger partial charge in [0.05, 0.1) is 11.5 Å². The summed E-state index contributed by atoms with van der Waals surface area (Å²) in [5.74, 6) is 0.896. The highest BCUT2D eigenvalue weighted by Crippen LogP contribution is 2.30. The van der Waals surface area contributed by atoms with Gasteiger partial charge in [-0.1, -0.05) is 31.5 Å². The molecule has 1 aliphatic heterocycles. The van der Waals surface area contributed by atoms with Crippen molar-refractivity contribution >= 4 is 21.6 Å². The molecule has 1 aromatic rings. The molecule has 0 spiro atoms. The van der Waals surface area contributed by atoms with Gasteiger partial charge in [-0.2, -0.15) is 4.31 Å². The number of aliphatic hydroxyl groups is 1. The Kier molecular flexibility index (Phi) is 4.74. The molecule has 1 heterocycles. The summed E-state index contributed by atoms with van der Waals surface area (Å²) in [5, 5.41) is 9.36. The molecule has 0 saturated carbocycles. The van der Waals surface area contributed by atoms with Crippen molar-refractivity contribution < 1.29 is 13.5 Å². The monoisotopic (exact) mass is 317 g/mol. The van der Waals surface area contributed by atoms with Crippen LogP contribution in [0.15, 0.2) is 23.1 Å². The molecule has 0 aliphatic carbocycles. The second kappa shape index (κ2) is 6.02. The van der Waals surface area contributed by atoms with E-state index in [1.807, 2.05) is 0 Å². The Bertz CT molecular complexity index is 586. The van der Waals surface area contributed by atoms with E-state index in [1.165, 1.54) is 16.4 Å². The van der Waals surface area contributed by atoms with Crippen molar-refractivity contribution in [2.75, 3.05) is 13.1 Å². The van der Waals surface area contributed by atoms with Crippen LogP contribution >= 0.6 is 11.6 Å². The van der Waals surface area contributed by atoms with E-state index in [0.717, 1.165) is 6.42 Å². The summed E-state index contributed by atoms with van der Waals surface area (Å²) >= 11 is 5.98. The Morgan fingerprint density at radius 2 is 2.15 bits per heavy atom. The molecular weight excluding hydrogens is 298 g/mol. The van der Waals surface area contributed by atoms with Gasteiger partial charge < -0.3 is 5.11 Å². The zero-order valence-corrected chi connectivity index (χ0v) is 13.3. The number of hydrogen-bond donors (Lipinski definition) is 1. The lowest BCUT2D eigenvalue weighted by Crippen LogP contribution is -2.29. The zero-order chi connectivity index (χ0) is 14.9. The normalized spacial score (nSPS) is 20.8. The summed E-state index contributed by atoms with van der Waals surface area (Å²) < 4.78 is 26.6. The summed E-state index contributed by atoms with van der Waals surface area (Å²) in [6.45, 7) is 5.17. The third kappa shape index (κ3) is 3.01. The molecule has 20 heavy (non-hydrogen) atoms. The van der Waals surface area contributed by atoms with Gasteiger partial charge in [-0.3, -0.25) is 0 Å². The van der Waals surface area contributed by atoms with Crippen molar-refractivity contribution in [2.24, 2.45) is 11.8 Å². The zero-order valence-electron chi connectivity index (χ0n) is 11.7. The summed E-state index contributed by atoms with van der Waals surface area (Å²) in [6.07, 6.45) is 0.902. The Morgan fingerprint density at radius 1 is 1.45 bits per heavy atom. The lowest BCUT2D eigenvalue weighted by atomic mass is 9.96. The fourth-order valence-electron chi connectivity index (χ4n) is 2.48. The number of halogens is 1. The third-order valence-corrected chi connectivity index (χ3v) is 6.18. The molecule has 1 fully saturated rings. The highest BCUT2D eigenvalue weighted by Gasteiger charge is 2.33. The lowest BCUT2D eigenvalue weighted by molar-refractivity contribution is 0.282. The average Bonchev–Trinajstić information content (AvgIpc) is 2.89. The van der Waals surface area contributed by atoms with Gasteiger partial charge in [0.15, 0.2) is 0 Å². The summed E-state index contributed by atoms with van der Waals surface area (Å²) in [5.41, 5.74) is 0.534. The predicted molar refractivity (Wildman–Crippen MR) is 79.1 cm³/mol. The quantitative estimate of drug-likeness (QED) is 0.928. The first kappa shape index (κ1) is 15.8. The van der Waals surface area contributed by atoms with Crippen LogP contribution in [0.5, 0.6) is 0 Å². The number of rotatable bonds is 4. The number of nitrogens with zero attached hydrogens (tertiary/aromatic N) is 1. The van der Waals surface area contributed by atoms with Gasteiger partial charge in [0.1, 0.15) is 0 Å². The van der Waals surface area contributed by atoms with Crippen molar-refractivity contribution in [3.05, 3.63) is 28.8 Å². The highest BCUT2D eigenvalue weighted by molar-refractivity contribution is 7.89. The smallest absolute Gasteiger partial charge is 0.243 e. The fourth-order valence-corrected chi connectivity index (χ4v) is 4.33. The number of benzene rings is 1. The predicted octanol–water partition coefficient (Wildman–Crippen LogP) is 2.50. The van der Waals surface area contributed by atoms with Crippen molar-refractivity contribution in [1.82, 2.24) is 4.31 Å². The van der Waals surface area contributed by atoms with E-state index < -0.39 is 10.0 Å². The van der Waals surface area contributed by atoms with Gasteiger partial charge in [0, 0.05) is 18.1 Å². The van der Waals surface area contributed by atoms with Crippen LogP contribution in [0.4, 0.5) is 0 Å². The standard InChI is InChI=1S/C14H20ClNO3S/c1-10(2)11-5-6-16(8-11)20(18,19)13-4-3-12(9-17)14(15)7-13/h3-4,7,10-11,17H,5-6,8-9H2,1-2H3. The molecule has 2 rings (SSSR count). The van der Waals surface area contributed by atoms with Crippen LogP contribution in [0.25, 0.3) is 0 Å². The van der Waals surface area contributed by atoms with Gasteiger partial charge in [-0.05, 0) is 36.0 Å². The van der Waals surface area contributed by atoms with E-state index in [2.05, 4.69) is 13.8 Å². The maximum atomic E-state index is 12.6. The molecule has 1 saturated heterocycles. The van der Waals surface area contributed by atoms with Gasteiger partial charge in [-0.25, -0.2) is 8.42 Å². The van der Waals surface area contributed by atoms with Crippen LogP contribution in [-0.2, 0) is 16.6 Å². The van der Waals surface area contributed by atoms with Gasteiger partial charge in [0.25, 0.3) is 0 Å². The first-order valence-electron chi connectivity index (χ1n) is 6.75. The third-order valence-electron chi connectivity index (χ3n) is 3.96. The molecule has 6 heteroatoms. The Morgan fingerprint density at radius 3 is 2.65 bits per heavy atom. The van der Waals surface area contributed by atoms with Crippen molar-refractivity contribution in [3.8, 4) is 0 Å².